The van der Waals surface area contributed by atoms with Crippen LogP contribution in [-0.4, -0.2) is 19.0 Å². The molecule has 0 unspecified atom stereocenters. The number of carbonyl (C=O) groups excluding carboxylic acids is 1. The fraction of sp³-hybridized carbons (Fsp3) is 0.462. The van der Waals surface area contributed by atoms with Crippen molar-refractivity contribution in [2.75, 3.05) is 13.1 Å². The van der Waals surface area contributed by atoms with Gasteiger partial charge in [0.2, 0.25) is 5.91 Å². The largest absolute Gasteiger partial charge is 0.355 e. The molecule has 0 radical (unpaired) electrons. The lowest BCUT2D eigenvalue weighted by molar-refractivity contribution is -0.120. The summed E-state index contributed by atoms with van der Waals surface area (Å²) in [6.07, 6.45) is 0. The maximum Gasteiger partial charge on any atom is 0.233 e. The standard InChI is InChI=1S/C13H20N2O/c1-4-15-13(16)9-14-8-12-6-5-10(2)11(3)7-12/h5-7,14H,4,8-9H2,1-3H3,(H,15,16). The van der Waals surface area contributed by atoms with Gasteiger partial charge in [-0.2, -0.15) is 0 Å². The summed E-state index contributed by atoms with van der Waals surface area (Å²) in [7, 11) is 0. The molecule has 0 aromatic heterocycles. The average Bonchev–Trinajstić information content (AvgIpc) is 2.24. The average molecular weight is 220 g/mol. The van der Waals surface area contributed by atoms with E-state index in [4.69, 9.17) is 0 Å². The van der Waals surface area contributed by atoms with E-state index in [1.807, 2.05) is 6.92 Å². The monoisotopic (exact) mass is 220 g/mol. The van der Waals surface area contributed by atoms with Gasteiger partial charge in [0.25, 0.3) is 0 Å². The van der Waals surface area contributed by atoms with Gasteiger partial charge in [-0.1, -0.05) is 18.2 Å². The fourth-order valence-corrected chi connectivity index (χ4v) is 1.49. The highest BCUT2D eigenvalue weighted by molar-refractivity contribution is 5.77. The van der Waals surface area contributed by atoms with Gasteiger partial charge in [0.15, 0.2) is 0 Å². The second-order valence-corrected chi connectivity index (χ2v) is 3.98. The summed E-state index contributed by atoms with van der Waals surface area (Å²) < 4.78 is 0. The van der Waals surface area contributed by atoms with Gasteiger partial charge in [-0.3, -0.25) is 4.79 Å². The summed E-state index contributed by atoms with van der Waals surface area (Å²) in [6.45, 7) is 7.91. The van der Waals surface area contributed by atoms with Crippen molar-refractivity contribution in [3.63, 3.8) is 0 Å². The smallest absolute Gasteiger partial charge is 0.233 e. The Hall–Kier alpha value is -1.35. The Labute approximate surface area is 97.2 Å². The van der Waals surface area contributed by atoms with Crippen LogP contribution in [0, 0.1) is 13.8 Å². The van der Waals surface area contributed by atoms with Crippen LogP contribution in [0.4, 0.5) is 0 Å². The first-order valence-electron chi connectivity index (χ1n) is 5.67. The summed E-state index contributed by atoms with van der Waals surface area (Å²) in [5.74, 6) is 0.0475. The Bertz CT molecular complexity index is 361. The van der Waals surface area contributed by atoms with Crippen molar-refractivity contribution in [1.82, 2.24) is 10.6 Å². The van der Waals surface area contributed by atoms with Gasteiger partial charge in [-0.05, 0) is 37.5 Å². The number of nitrogens with one attached hydrogen (secondary N) is 2. The summed E-state index contributed by atoms with van der Waals surface area (Å²) in [6, 6.07) is 6.35. The van der Waals surface area contributed by atoms with Gasteiger partial charge in [0, 0.05) is 13.1 Å². The van der Waals surface area contributed by atoms with Crippen LogP contribution < -0.4 is 10.6 Å². The van der Waals surface area contributed by atoms with Crippen LogP contribution in [0.15, 0.2) is 18.2 Å². The van der Waals surface area contributed by atoms with E-state index in [1.165, 1.54) is 16.7 Å². The number of hydrogen-bond donors (Lipinski definition) is 2. The number of hydrogen-bond acceptors (Lipinski definition) is 2. The minimum absolute atomic E-state index is 0.0475. The predicted molar refractivity (Wildman–Crippen MR) is 66.3 cm³/mol. The van der Waals surface area contributed by atoms with Crippen LogP contribution in [0.3, 0.4) is 0 Å². The molecule has 0 saturated carbocycles. The second kappa shape index (κ2) is 6.28. The number of rotatable bonds is 5. The van der Waals surface area contributed by atoms with Gasteiger partial charge < -0.3 is 10.6 Å². The van der Waals surface area contributed by atoms with E-state index in [-0.39, 0.29) is 5.91 Å². The van der Waals surface area contributed by atoms with Crippen molar-refractivity contribution < 1.29 is 4.79 Å². The first-order valence-corrected chi connectivity index (χ1v) is 5.67. The molecule has 0 aliphatic heterocycles. The molecule has 2 N–H and O–H groups in total. The molecule has 0 aliphatic rings. The zero-order valence-electron chi connectivity index (χ0n) is 10.3. The molecule has 1 amide bonds. The Morgan fingerprint density at radius 2 is 2.00 bits per heavy atom. The van der Waals surface area contributed by atoms with Crippen molar-refractivity contribution in [3.05, 3.63) is 34.9 Å². The second-order valence-electron chi connectivity index (χ2n) is 3.98. The lowest BCUT2D eigenvalue weighted by Crippen LogP contribution is -2.33. The van der Waals surface area contributed by atoms with Crippen molar-refractivity contribution in [2.45, 2.75) is 27.3 Å². The van der Waals surface area contributed by atoms with Gasteiger partial charge in [0.1, 0.15) is 0 Å². The third-order valence-corrected chi connectivity index (χ3v) is 2.56. The molecular formula is C13H20N2O. The van der Waals surface area contributed by atoms with Gasteiger partial charge in [0.05, 0.1) is 6.54 Å². The predicted octanol–water partition coefficient (Wildman–Crippen LogP) is 1.53. The highest BCUT2D eigenvalue weighted by Crippen LogP contribution is 2.09. The first kappa shape index (κ1) is 12.7. The number of carbonyl (C=O) groups is 1. The highest BCUT2D eigenvalue weighted by atomic mass is 16.1. The van der Waals surface area contributed by atoms with E-state index >= 15 is 0 Å². The Morgan fingerprint density at radius 3 is 2.62 bits per heavy atom. The molecule has 3 heteroatoms. The zero-order chi connectivity index (χ0) is 12.0. The number of aryl methyl sites for hydroxylation is 2. The number of likely N-dealkylation sites (N-methyl/N-ethyl adjacent to an activating group) is 1. The Kier molecular flexibility index (Phi) is 4.99. The maximum absolute atomic E-state index is 11.2. The lowest BCUT2D eigenvalue weighted by atomic mass is 10.1. The van der Waals surface area contributed by atoms with E-state index in [0.29, 0.717) is 13.1 Å². The minimum atomic E-state index is 0.0475. The highest BCUT2D eigenvalue weighted by Gasteiger charge is 1.99. The summed E-state index contributed by atoms with van der Waals surface area (Å²) in [5, 5.41) is 5.87. The van der Waals surface area contributed by atoms with Crippen LogP contribution in [0.2, 0.25) is 0 Å². The number of amides is 1. The van der Waals surface area contributed by atoms with E-state index in [2.05, 4.69) is 42.7 Å². The molecule has 16 heavy (non-hydrogen) atoms. The molecule has 3 nitrogen and oxygen atoms in total. The molecule has 1 rings (SSSR count). The maximum atomic E-state index is 11.2. The molecule has 0 atom stereocenters. The van der Waals surface area contributed by atoms with E-state index < -0.39 is 0 Å². The van der Waals surface area contributed by atoms with Crippen molar-refractivity contribution in [3.8, 4) is 0 Å². The molecule has 0 aliphatic carbocycles. The third-order valence-electron chi connectivity index (χ3n) is 2.56. The topological polar surface area (TPSA) is 41.1 Å². The quantitative estimate of drug-likeness (QED) is 0.790. The Balaban J connectivity index is 2.37. The van der Waals surface area contributed by atoms with E-state index in [0.717, 1.165) is 6.54 Å². The molecule has 1 aromatic rings. The molecule has 88 valence electrons. The van der Waals surface area contributed by atoms with Gasteiger partial charge in [-0.25, -0.2) is 0 Å². The van der Waals surface area contributed by atoms with Gasteiger partial charge in [-0.15, -0.1) is 0 Å². The summed E-state index contributed by atoms with van der Waals surface area (Å²) in [5.41, 5.74) is 3.80. The molecule has 0 fully saturated rings. The van der Waals surface area contributed by atoms with Gasteiger partial charge >= 0.3 is 0 Å². The molecule has 0 heterocycles. The van der Waals surface area contributed by atoms with Crippen molar-refractivity contribution >= 4 is 5.91 Å². The molecule has 0 saturated heterocycles. The molecule has 0 spiro atoms. The number of benzene rings is 1. The van der Waals surface area contributed by atoms with Crippen LogP contribution >= 0.6 is 0 Å². The molecular weight excluding hydrogens is 200 g/mol. The van der Waals surface area contributed by atoms with Crippen LogP contribution in [0.25, 0.3) is 0 Å². The normalized spacial score (nSPS) is 10.2. The van der Waals surface area contributed by atoms with Crippen molar-refractivity contribution in [1.29, 1.82) is 0 Å². The molecule has 1 aromatic carbocycles. The van der Waals surface area contributed by atoms with E-state index in [9.17, 15) is 4.79 Å². The summed E-state index contributed by atoms with van der Waals surface area (Å²) in [4.78, 5) is 11.2. The fourth-order valence-electron chi connectivity index (χ4n) is 1.49. The minimum Gasteiger partial charge on any atom is -0.355 e. The van der Waals surface area contributed by atoms with E-state index in [1.54, 1.807) is 0 Å². The summed E-state index contributed by atoms with van der Waals surface area (Å²) >= 11 is 0. The van der Waals surface area contributed by atoms with Crippen molar-refractivity contribution in [2.24, 2.45) is 0 Å². The zero-order valence-corrected chi connectivity index (χ0v) is 10.3. The van der Waals surface area contributed by atoms with Crippen LogP contribution in [0.1, 0.15) is 23.6 Å². The third kappa shape index (κ3) is 4.03. The van der Waals surface area contributed by atoms with Crippen LogP contribution in [-0.2, 0) is 11.3 Å². The SMILES string of the molecule is CCNC(=O)CNCc1ccc(C)c(C)c1. The molecule has 0 bridgehead atoms. The lowest BCUT2D eigenvalue weighted by Gasteiger charge is -2.07. The first-order chi connectivity index (χ1) is 7.63. The Morgan fingerprint density at radius 1 is 1.25 bits per heavy atom. The van der Waals surface area contributed by atoms with Crippen LogP contribution in [0.5, 0.6) is 0 Å².